The Balaban J connectivity index is 1.46. The van der Waals surface area contributed by atoms with Gasteiger partial charge in [-0.3, -0.25) is 4.79 Å². The molecule has 3 amide bonds. The Kier molecular flexibility index (Phi) is 7.99. The second-order valence-electron chi connectivity index (χ2n) is 8.28. The Morgan fingerprint density at radius 3 is 2.57 bits per heavy atom. The number of hydrogen-bond donors (Lipinski definition) is 4. The summed E-state index contributed by atoms with van der Waals surface area (Å²) in [4.78, 5) is 34.9. The molecule has 1 fully saturated rings. The average molecular weight is 494 g/mol. The van der Waals surface area contributed by atoms with Crippen molar-refractivity contribution in [1.29, 1.82) is 0 Å². The van der Waals surface area contributed by atoms with Crippen LogP contribution < -0.4 is 21.7 Å². The standard InChI is InChI=1S/C25H28ClN7O2/c26-20-10-9-18(15-21(20)31-25(35)33-13-5-2-6-14-33)30-24-29-16-19(22(27)34)23(32-24)28-12-11-17-7-3-1-4-8-17/h1,3-4,7-10,15-16H,2,5-6,11-14H2,(H2,27,34)(H,31,35)(H2,28,29,30,32). The second kappa shape index (κ2) is 11.5. The van der Waals surface area contributed by atoms with E-state index in [1.165, 1.54) is 6.20 Å². The van der Waals surface area contributed by atoms with Crippen LogP contribution in [0.4, 0.5) is 27.9 Å². The topological polar surface area (TPSA) is 125 Å². The first-order valence-electron chi connectivity index (χ1n) is 11.6. The molecule has 0 radical (unpaired) electrons. The van der Waals surface area contributed by atoms with Crippen LogP contribution in [0, 0.1) is 0 Å². The van der Waals surface area contributed by atoms with Gasteiger partial charge in [-0.15, -0.1) is 0 Å². The van der Waals surface area contributed by atoms with Crippen molar-refractivity contribution in [3.05, 3.63) is 70.9 Å². The molecular formula is C25H28ClN7O2. The maximum absolute atomic E-state index is 12.6. The average Bonchev–Trinajstić information content (AvgIpc) is 2.87. The van der Waals surface area contributed by atoms with E-state index in [4.69, 9.17) is 17.3 Å². The molecule has 0 bridgehead atoms. The maximum atomic E-state index is 12.6. The van der Waals surface area contributed by atoms with E-state index < -0.39 is 5.91 Å². The molecule has 1 saturated heterocycles. The van der Waals surface area contributed by atoms with E-state index in [9.17, 15) is 9.59 Å². The molecule has 2 aromatic carbocycles. The van der Waals surface area contributed by atoms with Gasteiger partial charge >= 0.3 is 6.03 Å². The number of likely N-dealkylation sites (tertiary alicyclic amines) is 1. The molecule has 4 rings (SSSR count). The highest BCUT2D eigenvalue weighted by atomic mass is 35.5. The number of carbonyl (C=O) groups excluding carboxylic acids is 2. The van der Waals surface area contributed by atoms with E-state index >= 15 is 0 Å². The van der Waals surface area contributed by atoms with E-state index in [0.29, 0.717) is 28.8 Å². The van der Waals surface area contributed by atoms with Crippen molar-refractivity contribution >= 4 is 46.7 Å². The first kappa shape index (κ1) is 24.3. The van der Waals surface area contributed by atoms with Crippen molar-refractivity contribution in [1.82, 2.24) is 14.9 Å². The van der Waals surface area contributed by atoms with Crippen molar-refractivity contribution in [2.75, 3.05) is 35.6 Å². The maximum Gasteiger partial charge on any atom is 0.321 e. The molecule has 0 saturated carbocycles. The third-order valence-corrected chi connectivity index (χ3v) is 6.04. The lowest BCUT2D eigenvalue weighted by atomic mass is 10.1. The summed E-state index contributed by atoms with van der Waals surface area (Å²) in [5.41, 5.74) is 7.99. The number of amides is 3. The predicted octanol–water partition coefficient (Wildman–Crippen LogP) is 4.64. The molecular weight excluding hydrogens is 466 g/mol. The van der Waals surface area contributed by atoms with E-state index in [0.717, 1.165) is 44.3 Å². The fourth-order valence-corrected chi connectivity index (χ4v) is 4.01. The number of urea groups is 1. The highest BCUT2D eigenvalue weighted by Gasteiger charge is 2.18. The molecule has 0 atom stereocenters. The van der Waals surface area contributed by atoms with Gasteiger partial charge in [0.15, 0.2) is 0 Å². The molecule has 3 aromatic rings. The molecule has 0 spiro atoms. The zero-order chi connectivity index (χ0) is 24.6. The number of piperidine rings is 1. The van der Waals surface area contributed by atoms with Crippen molar-refractivity contribution in [3.8, 4) is 0 Å². The lowest BCUT2D eigenvalue weighted by molar-refractivity contribution is 0.100. The predicted molar refractivity (Wildman–Crippen MR) is 138 cm³/mol. The zero-order valence-electron chi connectivity index (χ0n) is 19.3. The number of nitrogens with two attached hydrogens (primary N) is 1. The van der Waals surface area contributed by atoms with Gasteiger partial charge in [-0.1, -0.05) is 41.9 Å². The number of aromatic nitrogens is 2. The van der Waals surface area contributed by atoms with Gasteiger partial charge in [-0.25, -0.2) is 9.78 Å². The molecule has 0 unspecified atom stereocenters. The third-order valence-electron chi connectivity index (χ3n) is 5.71. The Bertz CT molecular complexity index is 1180. The SMILES string of the molecule is NC(=O)c1cnc(Nc2ccc(Cl)c(NC(=O)N3CCCCC3)c2)nc1NCCc1ccccc1. The van der Waals surface area contributed by atoms with E-state index in [-0.39, 0.29) is 17.5 Å². The summed E-state index contributed by atoms with van der Waals surface area (Å²) in [5, 5.41) is 9.59. The molecule has 9 nitrogen and oxygen atoms in total. The smallest absolute Gasteiger partial charge is 0.321 e. The van der Waals surface area contributed by atoms with Crippen LogP contribution in [0.15, 0.2) is 54.7 Å². The van der Waals surface area contributed by atoms with Crippen LogP contribution in [0.25, 0.3) is 0 Å². The van der Waals surface area contributed by atoms with Crippen LogP contribution in [0.5, 0.6) is 0 Å². The van der Waals surface area contributed by atoms with Crippen molar-refractivity contribution in [2.45, 2.75) is 25.7 Å². The van der Waals surface area contributed by atoms with Gasteiger partial charge < -0.3 is 26.6 Å². The summed E-state index contributed by atoms with van der Waals surface area (Å²) in [5.74, 6) is -0.000625. The molecule has 5 N–H and O–H groups in total. The van der Waals surface area contributed by atoms with E-state index in [1.807, 2.05) is 30.3 Å². The molecule has 1 aromatic heterocycles. The monoisotopic (exact) mass is 493 g/mol. The molecule has 1 aliphatic rings. The second-order valence-corrected chi connectivity index (χ2v) is 8.69. The van der Waals surface area contributed by atoms with Crippen LogP contribution in [-0.2, 0) is 6.42 Å². The minimum atomic E-state index is -0.618. The zero-order valence-corrected chi connectivity index (χ0v) is 20.0. The summed E-state index contributed by atoms with van der Waals surface area (Å²) in [6.07, 6.45) is 5.29. The lowest BCUT2D eigenvalue weighted by Gasteiger charge is -2.27. The first-order valence-corrected chi connectivity index (χ1v) is 11.9. The highest BCUT2D eigenvalue weighted by Crippen LogP contribution is 2.28. The van der Waals surface area contributed by atoms with Gasteiger partial charge in [0.1, 0.15) is 5.82 Å². The van der Waals surface area contributed by atoms with Gasteiger partial charge in [0.25, 0.3) is 5.91 Å². The van der Waals surface area contributed by atoms with Gasteiger partial charge in [0.2, 0.25) is 5.95 Å². The lowest BCUT2D eigenvalue weighted by Crippen LogP contribution is -2.38. The van der Waals surface area contributed by atoms with Crippen molar-refractivity contribution in [3.63, 3.8) is 0 Å². The Morgan fingerprint density at radius 2 is 1.83 bits per heavy atom. The molecule has 1 aliphatic heterocycles. The summed E-state index contributed by atoms with van der Waals surface area (Å²) < 4.78 is 0. The molecule has 0 aliphatic carbocycles. The van der Waals surface area contributed by atoms with Crippen molar-refractivity contribution < 1.29 is 9.59 Å². The summed E-state index contributed by atoms with van der Waals surface area (Å²) in [7, 11) is 0. The number of nitrogens with zero attached hydrogens (tertiary/aromatic N) is 3. The quantitative estimate of drug-likeness (QED) is 0.362. The number of anilines is 4. The number of carbonyl (C=O) groups is 2. The van der Waals surface area contributed by atoms with Crippen LogP contribution in [0.3, 0.4) is 0 Å². The van der Waals surface area contributed by atoms with Crippen LogP contribution in [-0.4, -0.2) is 46.4 Å². The Labute approximate surface area is 209 Å². The minimum Gasteiger partial charge on any atom is -0.369 e. The summed E-state index contributed by atoms with van der Waals surface area (Å²) in [6.45, 7) is 2.04. The fourth-order valence-electron chi connectivity index (χ4n) is 3.85. The van der Waals surface area contributed by atoms with Crippen molar-refractivity contribution in [2.24, 2.45) is 5.73 Å². The largest absolute Gasteiger partial charge is 0.369 e. The minimum absolute atomic E-state index is 0.171. The number of rotatable bonds is 8. The molecule has 10 heteroatoms. The number of benzene rings is 2. The van der Waals surface area contributed by atoms with Crippen LogP contribution in [0.2, 0.25) is 5.02 Å². The number of primary amides is 1. The van der Waals surface area contributed by atoms with Gasteiger partial charge in [0.05, 0.1) is 16.3 Å². The van der Waals surface area contributed by atoms with Crippen LogP contribution >= 0.6 is 11.6 Å². The Morgan fingerprint density at radius 1 is 1.06 bits per heavy atom. The first-order chi connectivity index (χ1) is 17.0. The normalized spacial score (nSPS) is 13.2. The highest BCUT2D eigenvalue weighted by molar-refractivity contribution is 6.33. The third kappa shape index (κ3) is 6.60. The van der Waals surface area contributed by atoms with Gasteiger partial charge in [-0.05, 0) is 49.4 Å². The summed E-state index contributed by atoms with van der Waals surface area (Å²) >= 11 is 6.32. The van der Waals surface area contributed by atoms with Gasteiger partial charge in [-0.2, -0.15) is 4.98 Å². The molecule has 2 heterocycles. The van der Waals surface area contributed by atoms with Gasteiger partial charge in [0, 0.05) is 31.5 Å². The fraction of sp³-hybridized carbons (Fsp3) is 0.280. The van der Waals surface area contributed by atoms with E-state index in [1.54, 1.807) is 23.1 Å². The number of hydrogen-bond acceptors (Lipinski definition) is 6. The number of halogens is 1. The molecule has 35 heavy (non-hydrogen) atoms. The van der Waals surface area contributed by atoms with Crippen LogP contribution in [0.1, 0.15) is 35.2 Å². The summed E-state index contributed by atoms with van der Waals surface area (Å²) in [6, 6.07) is 15.0. The van der Waals surface area contributed by atoms with E-state index in [2.05, 4.69) is 25.9 Å². The number of nitrogens with one attached hydrogen (secondary N) is 3. The molecule has 182 valence electrons. The Hall–Kier alpha value is -3.85.